The normalized spacial score (nSPS) is 20.1. The quantitative estimate of drug-likeness (QED) is 0.0222. The Morgan fingerprint density at radius 2 is 0.879 bits per heavy atom. The zero-order valence-corrected chi connectivity index (χ0v) is 87.6. The number of amides is 9. The van der Waals surface area contributed by atoms with Crippen molar-refractivity contribution in [1.29, 1.82) is 5.41 Å². The van der Waals surface area contributed by atoms with Crippen molar-refractivity contribution < 1.29 is 142 Å². The van der Waals surface area contributed by atoms with Crippen molar-refractivity contribution in [3.8, 4) is 0 Å². The second-order valence-corrected chi connectivity index (χ2v) is 38.7. The molecule has 2 aromatic carbocycles. The van der Waals surface area contributed by atoms with Crippen molar-refractivity contribution in [3.63, 3.8) is 0 Å². The van der Waals surface area contributed by atoms with E-state index in [2.05, 4.69) is 101 Å². The molecule has 1 aliphatic carbocycles. The largest absolute Gasteiger partial charge is 0.396 e. The lowest BCUT2D eigenvalue weighted by molar-refractivity contribution is -0.257. The minimum atomic E-state index is -1.49. The van der Waals surface area contributed by atoms with Gasteiger partial charge in [0, 0.05) is 193 Å². The van der Waals surface area contributed by atoms with Crippen LogP contribution >= 0.6 is 0 Å². The number of imidazole rings is 1. The van der Waals surface area contributed by atoms with E-state index in [4.69, 9.17) is 57.8 Å². The SMILES string of the molecule is CC(=O)NC1[C@@H](O)[C@@H](O)[C@@H](CO)C[C@H]1OCCCCC(=O)NCCCNC(=O)CCOCC(COCCC(=O)NCCCNC(=O)CCCCO[C@H]1C[C@@H](O)[C@@H](O)[C@@H](CO)O1)(COCCC(=O)NCCCNC(=O)CCCCO[C@H]1C[C@@H](O)[C@@H](O)[C@@H](CO)O1)NC(=O)CCOCCOCCC(=O)NCCCCCCCCCCCCCCCN/C=C(\C=N)c1ccc2nc(C(O)c3ccncc3)n(Cc3cc(C)ccc3C)c2c1. The second-order valence-electron chi connectivity index (χ2n) is 38.7. The minimum Gasteiger partial charge on any atom is -0.396 e. The van der Waals surface area contributed by atoms with Gasteiger partial charge in [0.05, 0.1) is 121 Å². The smallest absolute Gasteiger partial charge is 0.222 e. The number of allylic oxidation sites excluding steroid dienone is 1. The molecule has 3 fully saturated rings. The summed E-state index contributed by atoms with van der Waals surface area (Å²) in [6.45, 7) is 7.23. The summed E-state index contributed by atoms with van der Waals surface area (Å²) in [4.78, 5) is 125. The van der Waals surface area contributed by atoms with E-state index in [1.54, 1.807) is 24.5 Å². The van der Waals surface area contributed by atoms with Crippen LogP contribution in [0.5, 0.6) is 0 Å². The fourth-order valence-corrected chi connectivity index (χ4v) is 17.5. The van der Waals surface area contributed by atoms with Crippen LogP contribution in [0.1, 0.15) is 259 Å². The van der Waals surface area contributed by atoms with Crippen molar-refractivity contribution in [2.75, 3.05) is 158 Å². The molecule has 14 atom stereocenters. The first-order valence-corrected chi connectivity index (χ1v) is 53.6. The van der Waals surface area contributed by atoms with Gasteiger partial charge in [0.25, 0.3) is 0 Å². The van der Waals surface area contributed by atoms with Crippen LogP contribution in [-0.4, -0.2) is 362 Å². The first-order valence-electron chi connectivity index (χ1n) is 53.6. The predicted molar refractivity (Wildman–Crippen MR) is 554 cm³/mol. The highest BCUT2D eigenvalue weighted by molar-refractivity contribution is 6.09. The molecule has 840 valence electrons. The van der Waals surface area contributed by atoms with Crippen LogP contribution in [0.3, 0.4) is 0 Å². The van der Waals surface area contributed by atoms with Crippen molar-refractivity contribution in [2.24, 2.45) is 5.92 Å². The summed E-state index contributed by atoms with van der Waals surface area (Å²) in [5.74, 6) is -2.90. The number of hydrogen-bond acceptors (Lipinski definition) is 33. The Morgan fingerprint density at radius 1 is 0.456 bits per heavy atom. The highest BCUT2D eigenvalue weighted by atomic mass is 16.7. The maximum absolute atomic E-state index is 14.0. The molecule has 4 aromatic rings. The second kappa shape index (κ2) is 74.6. The summed E-state index contributed by atoms with van der Waals surface area (Å²) in [7, 11) is 0. The lowest BCUT2D eigenvalue weighted by Crippen LogP contribution is -2.61. The Balaban J connectivity index is 0.794. The van der Waals surface area contributed by atoms with Crippen molar-refractivity contribution in [2.45, 2.75) is 324 Å². The third kappa shape index (κ3) is 50.9. The Labute approximate surface area is 875 Å². The van der Waals surface area contributed by atoms with Gasteiger partial charge in [-0.05, 0) is 137 Å². The van der Waals surface area contributed by atoms with Crippen molar-refractivity contribution in [1.82, 2.24) is 67.7 Å². The van der Waals surface area contributed by atoms with E-state index >= 15 is 0 Å². The molecule has 43 heteroatoms. The van der Waals surface area contributed by atoms with Crippen LogP contribution in [0.2, 0.25) is 0 Å². The summed E-state index contributed by atoms with van der Waals surface area (Å²) < 4.78 is 60.2. The zero-order chi connectivity index (χ0) is 108. The number of aliphatic hydroxyl groups is 10. The van der Waals surface area contributed by atoms with E-state index in [0.717, 1.165) is 83.9 Å². The summed E-state index contributed by atoms with van der Waals surface area (Å²) in [6.07, 6.45) is 13.6. The van der Waals surface area contributed by atoms with Gasteiger partial charge in [-0.25, -0.2) is 4.98 Å². The molecule has 1 saturated carbocycles. The highest BCUT2D eigenvalue weighted by Gasteiger charge is 2.45. The maximum Gasteiger partial charge on any atom is 0.222 e. The van der Waals surface area contributed by atoms with Crippen molar-refractivity contribution in [3.05, 3.63) is 101 Å². The van der Waals surface area contributed by atoms with E-state index in [9.17, 15) is 94.2 Å². The van der Waals surface area contributed by atoms with E-state index in [-0.39, 0.29) is 244 Å². The predicted octanol–water partition coefficient (Wildman–Crippen LogP) is 3.53. The van der Waals surface area contributed by atoms with E-state index < -0.39 is 116 Å². The van der Waals surface area contributed by atoms with Crippen molar-refractivity contribution >= 4 is 76.0 Å². The Kier molecular flexibility index (Phi) is 63.4. The molecule has 21 N–H and O–H groups in total. The van der Waals surface area contributed by atoms with Crippen LogP contribution in [0.15, 0.2) is 67.1 Å². The average Bonchev–Trinajstić information content (AvgIpc) is 1.62. The van der Waals surface area contributed by atoms with Crippen LogP contribution in [0.25, 0.3) is 16.6 Å². The standard InChI is InChI=1S/C106H172N14O29/c1-74-29-30-75(2)79(60-74)67-120-83-61-78(31-32-82(83)118-105(120)101(136)77-33-48-108-49-34-77)81(65-107)66-109-40-18-13-11-9-7-5-4-6-8-10-12-14-19-41-110-92(130)35-53-140-58-59-141-54-39-96(134)119-106(72-143-56-37-94(132)115-46-24-43-112-90(128)27-16-21-51-146-97-63-84(125)102(137)87(69-122)148-97,73-144-57-38-95(133)116-47-25-44-113-91(129)28-17-22-52-147-98-64-85(126)103(138)88(70-123)149-98)71-142-55-36-93(131)114-45-23-42-111-89(127)26-15-20-50-145-86-62-80(68-121)100(135)104(139)99(86)117-76(3)124/h29-34,48-49,60-61,65-66,80,84-88,97-104,107,109,121-123,125-126,135-139H,4-28,35-47,50-59,62-64,67-73H2,1-3H3,(H,110,130)(H,111,127)(H,112,128)(H,113,129)(H,114,131)(H,115,132)(H,116,133)(H,117,124)(H,119,134)/b81-66+,107-65?/t80-,84-,85-,86-,87-,88-,97-,98-,99?,100+,101?,102-,103-,104-/m1/s1. The Bertz CT molecular complexity index is 4440. The molecule has 0 spiro atoms. The zero-order valence-electron chi connectivity index (χ0n) is 87.6. The van der Waals surface area contributed by atoms with Crippen LogP contribution in [-0.2, 0) is 97.1 Å². The number of fused-ring (bicyclic) bond motifs is 1. The van der Waals surface area contributed by atoms with Gasteiger partial charge < -0.3 is 162 Å². The van der Waals surface area contributed by atoms with E-state index in [0.29, 0.717) is 82.3 Å². The topological polar surface area (TPSA) is 623 Å². The number of aromatic nitrogens is 3. The van der Waals surface area contributed by atoms with Crippen LogP contribution < -0.4 is 53.2 Å². The molecule has 7 rings (SSSR count). The number of hydrogen-bond donors (Lipinski definition) is 21. The molecular formula is C106H172N14O29. The molecule has 3 aliphatic rings. The third-order valence-electron chi connectivity index (χ3n) is 26.2. The highest BCUT2D eigenvalue weighted by Crippen LogP contribution is 2.33. The number of aliphatic hydroxyl groups excluding tert-OH is 10. The molecule has 4 heterocycles. The lowest BCUT2D eigenvalue weighted by atomic mass is 9.79. The van der Waals surface area contributed by atoms with Gasteiger partial charge >= 0.3 is 0 Å². The van der Waals surface area contributed by atoms with Gasteiger partial charge in [0.1, 0.15) is 48.0 Å². The van der Waals surface area contributed by atoms with E-state index in [1.807, 2.05) is 18.3 Å². The molecule has 9 amide bonds. The van der Waals surface area contributed by atoms with Gasteiger partial charge in [0.15, 0.2) is 12.6 Å². The molecule has 2 aromatic heterocycles. The molecule has 0 radical (unpaired) electrons. The number of aryl methyl sites for hydroxylation is 2. The van der Waals surface area contributed by atoms with Gasteiger partial charge in [0.2, 0.25) is 53.2 Å². The average molecular weight is 2110 g/mol. The number of nitrogens with one attached hydrogen (secondary N) is 11. The number of carbonyl (C=O) groups excluding carboxylic acids is 9. The minimum absolute atomic E-state index is 0.0367. The number of benzene rings is 2. The summed E-state index contributed by atoms with van der Waals surface area (Å²) in [5, 5.41) is 139. The molecule has 43 nitrogen and oxygen atoms in total. The van der Waals surface area contributed by atoms with Gasteiger partial charge in [-0.2, -0.15) is 0 Å². The molecular weight excluding hydrogens is 1930 g/mol. The number of carbonyl (C=O) groups is 9. The fraction of sp³-hybridized carbons (Fsp3) is 0.717. The summed E-state index contributed by atoms with van der Waals surface area (Å²) in [5.41, 5.74) is 5.96. The molecule has 149 heavy (non-hydrogen) atoms. The molecule has 0 bridgehead atoms. The van der Waals surface area contributed by atoms with Gasteiger partial charge in [-0.1, -0.05) is 100 Å². The number of nitrogens with zero attached hydrogens (tertiary/aromatic N) is 3. The molecule has 2 aliphatic heterocycles. The molecule has 2 saturated heterocycles. The van der Waals surface area contributed by atoms with E-state index in [1.165, 1.54) is 58.1 Å². The fourth-order valence-electron chi connectivity index (χ4n) is 17.5. The first-order chi connectivity index (χ1) is 72.1. The molecule has 2 unspecified atom stereocenters. The van der Waals surface area contributed by atoms with Gasteiger partial charge in [-0.15, -0.1) is 0 Å². The summed E-state index contributed by atoms with van der Waals surface area (Å²) >= 11 is 0. The third-order valence-corrected chi connectivity index (χ3v) is 26.2. The first kappa shape index (κ1) is 127. The number of rotatable bonds is 82. The lowest BCUT2D eigenvalue weighted by Gasteiger charge is -2.42. The number of unbranched alkanes of at least 4 members (excludes halogenated alkanes) is 15. The Hall–Kier alpha value is -9.30. The maximum atomic E-state index is 14.0. The number of pyridine rings is 1. The van der Waals surface area contributed by atoms with Crippen LogP contribution in [0.4, 0.5) is 0 Å². The monoisotopic (exact) mass is 2110 g/mol. The van der Waals surface area contributed by atoms with Gasteiger partial charge in [-0.3, -0.25) is 48.1 Å². The summed E-state index contributed by atoms with van der Waals surface area (Å²) in [6, 6.07) is 15.1. The van der Waals surface area contributed by atoms with Crippen LogP contribution in [0, 0.1) is 25.2 Å². The Morgan fingerprint density at radius 3 is 1.32 bits per heavy atom. The number of ether oxygens (including phenoxy) is 10.